The van der Waals surface area contributed by atoms with Crippen LogP contribution in [0.15, 0.2) is 54.6 Å². The number of ketones is 1. The number of carbonyl (C=O) groups excluding carboxylic acids is 1. The number of carbonyl (C=O) groups is 1. The molecular formula is C16H11NO2S. The van der Waals surface area contributed by atoms with Gasteiger partial charge in [-0.25, -0.2) is 0 Å². The molecule has 1 aromatic heterocycles. The average Bonchev–Trinajstić information content (AvgIpc) is 2.82. The van der Waals surface area contributed by atoms with E-state index >= 15 is 0 Å². The van der Waals surface area contributed by atoms with Gasteiger partial charge in [0.1, 0.15) is 0 Å². The standard InChI is InChI=1S/C16H11NO2S/c18-14(10-6-2-1-3-7-10)15(20)13-11-8-4-5-9-12(11)17-16(13)19/h1-9,17,19H. The Balaban J connectivity index is 2.10. The monoisotopic (exact) mass is 281 g/mol. The third-order valence-electron chi connectivity index (χ3n) is 3.16. The van der Waals surface area contributed by atoms with Gasteiger partial charge in [0.15, 0.2) is 5.88 Å². The SMILES string of the molecule is O=C(C(=S)c1c(O)[nH]c2ccccc12)c1ccccc1. The number of thiocarbonyl (C=S) groups is 1. The minimum absolute atomic E-state index is 0.0690. The maximum absolute atomic E-state index is 12.4. The number of aromatic amines is 1. The number of Topliss-reactive ketones (excluding diaryl/α,β-unsaturated/α-hetero) is 1. The molecule has 3 nitrogen and oxygen atoms in total. The van der Waals surface area contributed by atoms with Crippen molar-refractivity contribution in [3.63, 3.8) is 0 Å². The van der Waals surface area contributed by atoms with Gasteiger partial charge in [0.2, 0.25) is 5.78 Å². The Bertz CT molecular complexity index is 806. The number of aromatic nitrogens is 1. The predicted molar refractivity (Wildman–Crippen MR) is 82.4 cm³/mol. The van der Waals surface area contributed by atoms with E-state index in [-0.39, 0.29) is 16.5 Å². The normalized spacial score (nSPS) is 10.6. The molecule has 0 spiro atoms. The Hall–Kier alpha value is -2.46. The summed E-state index contributed by atoms with van der Waals surface area (Å²) in [6.07, 6.45) is 0. The summed E-state index contributed by atoms with van der Waals surface area (Å²) in [6, 6.07) is 16.2. The summed E-state index contributed by atoms with van der Waals surface area (Å²) in [5, 5.41) is 10.8. The lowest BCUT2D eigenvalue weighted by Gasteiger charge is -2.03. The van der Waals surface area contributed by atoms with Crippen LogP contribution in [0.4, 0.5) is 0 Å². The Kier molecular flexibility index (Phi) is 3.08. The van der Waals surface area contributed by atoms with E-state index in [1.165, 1.54) is 0 Å². The number of aromatic hydroxyl groups is 1. The first-order valence-electron chi connectivity index (χ1n) is 6.12. The first kappa shape index (κ1) is 12.6. The van der Waals surface area contributed by atoms with E-state index in [2.05, 4.69) is 4.98 Å². The molecule has 0 aliphatic rings. The van der Waals surface area contributed by atoms with Gasteiger partial charge in [-0.3, -0.25) is 4.79 Å². The molecular weight excluding hydrogens is 270 g/mol. The van der Waals surface area contributed by atoms with Crippen LogP contribution in [0.5, 0.6) is 5.88 Å². The molecule has 0 aliphatic carbocycles. The maximum atomic E-state index is 12.4. The van der Waals surface area contributed by atoms with Gasteiger partial charge >= 0.3 is 0 Å². The fourth-order valence-electron chi connectivity index (χ4n) is 2.19. The van der Waals surface area contributed by atoms with E-state index in [9.17, 15) is 9.90 Å². The molecule has 0 atom stereocenters. The Morgan fingerprint density at radius 2 is 1.65 bits per heavy atom. The molecule has 20 heavy (non-hydrogen) atoms. The van der Waals surface area contributed by atoms with Crippen molar-refractivity contribution in [1.29, 1.82) is 0 Å². The topological polar surface area (TPSA) is 53.1 Å². The molecule has 1 heterocycles. The molecule has 98 valence electrons. The van der Waals surface area contributed by atoms with Crippen LogP contribution in [0.3, 0.4) is 0 Å². The minimum atomic E-state index is -0.263. The number of nitrogens with one attached hydrogen (secondary N) is 1. The molecule has 2 N–H and O–H groups in total. The number of para-hydroxylation sites is 1. The van der Waals surface area contributed by atoms with Crippen molar-refractivity contribution >= 4 is 33.8 Å². The van der Waals surface area contributed by atoms with Crippen LogP contribution in [-0.4, -0.2) is 20.7 Å². The second-order valence-corrected chi connectivity index (χ2v) is 4.83. The molecule has 0 bridgehead atoms. The second kappa shape index (κ2) is 4.90. The lowest BCUT2D eigenvalue weighted by Crippen LogP contribution is -2.12. The number of benzene rings is 2. The molecule has 0 radical (unpaired) electrons. The molecule has 0 saturated carbocycles. The van der Waals surface area contributed by atoms with Gasteiger partial charge in [0, 0.05) is 16.5 Å². The largest absolute Gasteiger partial charge is 0.494 e. The van der Waals surface area contributed by atoms with Gasteiger partial charge in [0.25, 0.3) is 0 Å². The zero-order valence-electron chi connectivity index (χ0n) is 10.5. The molecule has 2 aromatic carbocycles. The number of rotatable bonds is 3. The molecule has 0 aliphatic heterocycles. The molecule has 3 rings (SSSR count). The summed E-state index contributed by atoms with van der Waals surface area (Å²) in [4.78, 5) is 15.3. The number of fused-ring (bicyclic) bond motifs is 1. The number of hydrogen-bond donors (Lipinski definition) is 2. The summed E-state index contributed by atoms with van der Waals surface area (Å²) in [7, 11) is 0. The van der Waals surface area contributed by atoms with Crippen LogP contribution in [0, 0.1) is 0 Å². The maximum Gasteiger partial charge on any atom is 0.204 e. The van der Waals surface area contributed by atoms with E-state index in [4.69, 9.17) is 12.2 Å². The van der Waals surface area contributed by atoms with E-state index in [0.29, 0.717) is 11.1 Å². The van der Waals surface area contributed by atoms with Crippen molar-refractivity contribution in [3.05, 3.63) is 65.7 Å². The van der Waals surface area contributed by atoms with Gasteiger partial charge < -0.3 is 10.1 Å². The zero-order valence-corrected chi connectivity index (χ0v) is 11.3. The highest BCUT2D eigenvalue weighted by Crippen LogP contribution is 2.28. The highest BCUT2D eigenvalue weighted by Gasteiger charge is 2.21. The Morgan fingerprint density at radius 3 is 2.40 bits per heavy atom. The second-order valence-electron chi connectivity index (χ2n) is 4.42. The minimum Gasteiger partial charge on any atom is -0.494 e. The van der Waals surface area contributed by atoms with E-state index < -0.39 is 0 Å². The zero-order chi connectivity index (χ0) is 14.1. The third-order valence-corrected chi connectivity index (χ3v) is 3.55. The van der Waals surface area contributed by atoms with Crippen LogP contribution in [0.1, 0.15) is 15.9 Å². The van der Waals surface area contributed by atoms with Crippen LogP contribution < -0.4 is 0 Å². The van der Waals surface area contributed by atoms with Gasteiger partial charge in [-0.2, -0.15) is 0 Å². The van der Waals surface area contributed by atoms with Crippen LogP contribution in [0.25, 0.3) is 10.9 Å². The van der Waals surface area contributed by atoms with Crippen molar-refractivity contribution in [2.45, 2.75) is 0 Å². The van der Waals surface area contributed by atoms with Crippen LogP contribution >= 0.6 is 12.2 Å². The van der Waals surface area contributed by atoms with Crippen molar-refractivity contribution in [2.24, 2.45) is 0 Å². The molecule has 4 heteroatoms. The smallest absolute Gasteiger partial charge is 0.204 e. The van der Waals surface area contributed by atoms with Crippen molar-refractivity contribution in [1.82, 2.24) is 4.98 Å². The molecule has 0 saturated heterocycles. The van der Waals surface area contributed by atoms with Crippen LogP contribution in [-0.2, 0) is 0 Å². The van der Waals surface area contributed by atoms with E-state index in [0.717, 1.165) is 10.9 Å². The lowest BCUT2D eigenvalue weighted by atomic mass is 10.0. The fourth-order valence-corrected chi connectivity index (χ4v) is 2.52. The van der Waals surface area contributed by atoms with Crippen molar-refractivity contribution < 1.29 is 9.90 Å². The summed E-state index contributed by atoms with van der Waals surface area (Å²) in [5.41, 5.74) is 1.66. The molecule has 3 aromatic rings. The van der Waals surface area contributed by atoms with Gasteiger partial charge in [-0.05, 0) is 6.07 Å². The highest BCUT2D eigenvalue weighted by molar-refractivity contribution is 7.82. The van der Waals surface area contributed by atoms with Crippen molar-refractivity contribution in [2.75, 3.05) is 0 Å². The summed E-state index contributed by atoms with van der Waals surface area (Å²) < 4.78 is 0. The summed E-state index contributed by atoms with van der Waals surface area (Å²) >= 11 is 5.26. The quantitative estimate of drug-likeness (QED) is 0.571. The van der Waals surface area contributed by atoms with Gasteiger partial charge in [0.05, 0.1) is 10.4 Å². The number of H-pyrrole nitrogens is 1. The fraction of sp³-hybridized carbons (Fsp3) is 0. The summed E-state index contributed by atoms with van der Waals surface area (Å²) in [6.45, 7) is 0. The Morgan fingerprint density at radius 1 is 1.00 bits per heavy atom. The first-order valence-corrected chi connectivity index (χ1v) is 6.53. The average molecular weight is 281 g/mol. The number of hydrogen-bond acceptors (Lipinski definition) is 3. The van der Waals surface area contributed by atoms with Crippen molar-refractivity contribution in [3.8, 4) is 5.88 Å². The predicted octanol–water partition coefficient (Wildman–Crippen LogP) is 3.47. The summed E-state index contributed by atoms with van der Waals surface area (Å²) in [5.74, 6) is -0.332. The lowest BCUT2D eigenvalue weighted by molar-refractivity contribution is 0.106. The van der Waals surface area contributed by atoms with E-state index in [1.807, 2.05) is 30.3 Å². The third kappa shape index (κ3) is 2.00. The molecule has 0 amide bonds. The Labute approximate surface area is 120 Å². The molecule has 0 fully saturated rings. The highest BCUT2D eigenvalue weighted by atomic mass is 32.1. The van der Waals surface area contributed by atoms with Gasteiger partial charge in [-0.1, -0.05) is 60.7 Å². The molecule has 0 unspecified atom stereocenters. The van der Waals surface area contributed by atoms with Crippen LogP contribution in [0.2, 0.25) is 0 Å². The van der Waals surface area contributed by atoms with E-state index in [1.54, 1.807) is 24.3 Å². The van der Waals surface area contributed by atoms with Gasteiger partial charge in [-0.15, -0.1) is 0 Å². The first-order chi connectivity index (χ1) is 9.68.